The Kier molecular flexibility index (Phi) is 4.76. The molecular formula is C15H20O3. The molecule has 0 spiro atoms. The molecule has 3 nitrogen and oxygen atoms in total. The Morgan fingerprint density at radius 3 is 2.56 bits per heavy atom. The summed E-state index contributed by atoms with van der Waals surface area (Å²) < 4.78 is 5.32. The highest BCUT2D eigenvalue weighted by molar-refractivity contribution is 5.75. The van der Waals surface area contributed by atoms with Crippen LogP contribution in [0.5, 0.6) is 0 Å². The van der Waals surface area contributed by atoms with Crippen molar-refractivity contribution in [1.82, 2.24) is 0 Å². The van der Waals surface area contributed by atoms with Gasteiger partial charge >= 0.3 is 5.97 Å². The van der Waals surface area contributed by atoms with Gasteiger partial charge in [-0.25, -0.2) is 0 Å². The van der Waals surface area contributed by atoms with Gasteiger partial charge in [0.05, 0.1) is 5.92 Å². The first-order valence-corrected chi connectivity index (χ1v) is 6.63. The normalized spacial score (nSPS) is 18.4. The molecule has 0 amide bonds. The van der Waals surface area contributed by atoms with Crippen LogP contribution < -0.4 is 0 Å². The second-order valence-corrected chi connectivity index (χ2v) is 4.93. The third-order valence-electron chi connectivity index (χ3n) is 3.70. The summed E-state index contributed by atoms with van der Waals surface area (Å²) in [6.07, 6.45) is 3.85. The smallest absolute Gasteiger partial charge is 0.310 e. The lowest BCUT2D eigenvalue weighted by molar-refractivity contribution is -0.139. The van der Waals surface area contributed by atoms with Crippen molar-refractivity contribution >= 4 is 5.97 Å². The number of benzene rings is 1. The second kappa shape index (κ2) is 6.55. The molecule has 1 N–H and O–H groups in total. The summed E-state index contributed by atoms with van der Waals surface area (Å²) in [7, 11) is 0. The van der Waals surface area contributed by atoms with Crippen LogP contribution >= 0.6 is 0 Å². The monoisotopic (exact) mass is 248 g/mol. The number of carbonyl (C=O) groups is 1. The fourth-order valence-electron chi connectivity index (χ4n) is 2.56. The van der Waals surface area contributed by atoms with Gasteiger partial charge in [0.1, 0.15) is 0 Å². The van der Waals surface area contributed by atoms with Gasteiger partial charge in [-0.1, -0.05) is 30.3 Å². The van der Waals surface area contributed by atoms with Gasteiger partial charge in [0.25, 0.3) is 0 Å². The maximum absolute atomic E-state index is 11.3. The maximum Gasteiger partial charge on any atom is 0.310 e. The first-order valence-electron chi connectivity index (χ1n) is 6.63. The Balaban J connectivity index is 1.92. The second-order valence-electron chi connectivity index (χ2n) is 4.93. The average molecular weight is 248 g/mol. The zero-order valence-electron chi connectivity index (χ0n) is 10.5. The van der Waals surface area contributed by atoms with Crippen molar-refractivity contribution in [2.24, 2.45) is 5.92 Å². The Morgan fingerprint density at radius 1 is 1.28 bits per heavy atom. The van der Waals surface area contributed by atoms with Crippen molar-refractivity contribution in [3.05, 3.63) is 35.9 Å². The van der Waals surface area contributed by atoms with Gasteiger partial charge < -0.3 is 9.84 Å². The van der Waals surface area contributed by atoms with Crippen molar-refractivity contribution in [2.45, 2.75) is 31.6 Å². The minimum atomic E-state index is -0.715. The van der Waals surface area contributed by atoms with E-state index in [0.717, 1.165) is 44.5 Å². The lowest BCUT2D eigenvalue weighted by Crippen LogP contribution is -2.18. The van der Waals surface area contributed by atoms with E-state index >= 15 is 0 Å². The molecule has 0 bridgehead atoms. The molecule has 0 aromatic heterocycles. The van der Waals surface area contributed by atoms with Gasteiger partial charge in [-0.3, -0.25) is 4.79 Å². The largest absolute Gasteiger partial charge is 0.481 e. The van der Waals surface area contributed by atoms with Crippen LogP contribution in [-0.2, 0) is 9.53 Å². The van der Waals surface area contributed by atoms with Gasteiger partial charge in [-0.05, 0) is 37.2 Å². The summed E-state index contributed by atoms with van der Waals surface area (Å²) in [5, 5.41) is 9.33. The van der Waals surface area contributed by atoms with E-state index in [0.29, 0.717) is 5.92 Å². The minimum Gasteiger partial charge on any atom is -0.481 e. The van der Waals surface area contributed by atoms with Crippen LogP contribution in [0.25, 0.3) is 0 Å². The summed E-state index contributed by atoms with van der Waals surface area (Å²) in [5.41, 5.74) is 0.914. The highest BCUT2D eigenvalue weighted by Crippen LogP contribution is 2.27. The topological polar surface area (TPSA) is 46.5 Å². The molecule has 0 radical (unpaired) electrons. The third-order valence-corrected chi connectivity index (χ3v) is 3.70. The minimum absolute atomic E-state index is 0.367. The lowest BCUT2D eigenvalue weighted by atomic mass is 9.87. The van der Waals surface area contributed by atoms with Crippen LogP contribution in [0.3, 0.4) is 0 Å². The van der Waals surface area contributed by atoms with Crippen molar-refractivity contribution < 1.29 is 14.6 Å². The predicted molar refractivity (Wildman–Crippen MR) is 69.6 cm³/mol. The van der Waals surface area contributed by atoms with E-state index < -0.39 is 5.97 Å². The van der Waals surface area contributed by atoms with E-state index in [4.69, 9.17) is 4.74 Å². The lowest BCUT2D eigenvalue weighted by Gasteiger charge is -2.23. The molecule has 0 saturated carbocycles. The highest BCUT2D eigenvalue weighted by atomic mass is 16.5. The van der Waals surface area contributed by atoms with Crippen molar-refractivity contribution in [3.8, 4) is 0 Å². The molecular weight excluding hydrogens is 228 g/mol. The van der Waals surface area contributed by atoms with Gasteiger partial charge in [-0.15, -0.1) is 0 Å². The van der Waals surface area contributed by atoms with E-state index in [-0.39, 0.29) is 5.92 Å². The summed E-state index contributed by atoms with van der Waals surface area (Å²) >= 11 is 0. The number of carboxylic acids is 1. The van der Waals surface area contributed by atoms with E-state index in [1.54, 1.807) is 0 Å². The predicted octanol–water partition coefficient (Wildman–Crippen LogP) is 3.06. The van der Waals surface area contributed by atoms with E-state index in [9.17, 15) is 9.90 Å². The first kappa shape index (κ1) is 13.1. The number of ether oxygens (including phenoxy) is 1. The van der Waals surface area contributed by atoms with Gasteiger partial charge in [0.2, 0.25) is 0 Å². The van der Waals surface area contributed by atoms with Crippen LogP contribution in [0.1, 0.15) is 37.2 Å². The molecule has 1 aromatic rings. The molecule has 1 aromatic carbocycles. The van der Waals surface area contributed by atoms with E-state index in [1.165, 1.54) is 0 Å². The van der Waals surface area contributed by atoms with Gasteiger partial charge in [0, 0.05) is 13.2 Å². The molecule has 98 valence electrons. The molecule has 1 fully saturated rings. The van der Waals surface area contributed by atoms with Crippen molar-refractivity contribution in [2.75, 3.05) is 13.2 Å². The fraction of sp³-hybridized carbons (Fsp3) is 0.533. The Bertz CT molecular complexity index is 369. The molecule has 1 unspecified atom stereocenters. The van der Waals surface area contributed by atoms with Crippen LogP contribution in [0, 0.1) is 5.92 Å². The maximum atomic E-state index is 11.3. The third kappa shape index (κ3) is 3.57. The molecule has 1 aliphatic rings. The molecule has 1 saturated heterocycles. The number of aliphatic carboxylic acids is 1. The van der Waals surface area contributed by atoms with Crippen LogP contribution in [0.15, 0.2) is 30.3 Å². The number of hydrogen-bond acceptors (Lipinski definition) is 2. The SMILES string of the molecule is O=C(O)C(CCC1CCOCC1)c1ccccc1. The fourth-order valence-corrected chi connectivity index (χ4v) is 2.56. The standard InChI is InChI=1S/C15H20O3/c16-15(17)14(13-4-2-1-3-5-13)7-6-12-8-10-18-11-9-12/h1-5,12,14H,6-11H2,(H,16,17). The molecule has 1 atom stereocenters. The zero-order valence-corrected chi connectivity index (χ0v) is 10.5. The molecule has 2 rings (SSSR count). The molecule has 1 heterocycles. The zero-order chi connectivity index (χ0) is 12.8. The quantitative estimate of drug-likeness (QED) is 0.871. The molecule has 18 heavy (non-hydrogen) atoms. The molecule has 0 aliphatic carbocycles. The summed E-state index contributed by atoms with van der Waals surface area (Å²) in [6, 6.07) is 9.53. The Morgan fingerprint density at radius 2 is 1.94 bits per heavy atom. The van der Waals surface area contributed by atoms with Gasteiger partial charge in [0.15, 0.2) is 0 Å². The van der Waals surface area contributed by atoms with Crippen molar-refractivity contribution in [1.29, 1.82) is 0 Å². The van der Waals surface area contributed by atoms with Crippen LogP contribution in [0.4, 0.5) is 0 Å². The summed E-state index contributed by atoms with van der Waals surface area (Å²) in [4.78, 5) is 11.3. The highest BCUT2D eigenvalue weighted by Gasteiger charge is 2.22. The summed E-state index contributed by atoms with van der Waals surface area (Å²) in [5.74, 6) is -0.452. The first-order chi connectivity index (χ1) is 8.77. The van der Waals surface area contributed by atoms with E-state index in [2.05, 4.69) is 0 Å². The average Bonchev–Trinajstić information content (AvgIpc) is 2.41. The number of carboxylic acid groups (broad SMARTS) is 1. The summed E-state index contributed by atoms with van der Waals surface area (Å²) in [6.45, 7) is 1.65. The molecule has 3 heteroatoms. The number of rotatable bonds is 5. The molecule has 1 aliphatic heterocycles. The Labute approximate surface area is 108 Å². The number of hydrogen-bond donors (Lipinski definition) is 1. The Hall–Kier alpha value is -1.35. The van der Waals surface area contributed by atoms with Crippen LogP contribution in [-0.4, -0.2) is 24.3 Å². The van der Waals surface area contributed by atoms with E-state index in [1.807, 2.05) is 30.3 Å². The van der Waals surface area contributed by atoms with Crippen molar-refractivity contribution in [3.63, 3.8) is 0 Å². The van der Waals surface area contributed by atoms with Gasteiger partial charge in [-0.2, -0.15) is 0 Å². The van der Waals surface area contributed by atoms with Crippen LogP contribution in [0.2, 0.25) is 0 Å².